The lowest BCUT2D eigenvalue weighted by atomic mass is 9.77. The molecule has 1 saturated heterocycles. The van der Waals surface area contributed by atoms with Crippen molar-refractivity contribution in [2.45, 2.75) is 40.0 Å². The van der Waals surface area contributed by atoms with Crippen molar-refractivity contribution < 1.29 is 4.79 Å². The molecule has 21 heavy (non-hydrogen) atoms. The summed E-state index contributed by atoms with van der Waals surface area (Å²) in [4.78, 5) is 14.6. The van der Waals surface area contributed by atoms with Crippen molar-refractivity contribution in [1.82, 2.24) is 4.90 Å². The predicted octanol–water partition coefficient (Wildman–Crippen LogP) is 5.23. The van der Waals surface area contributed by atoms with E-state index in [1.54, 1.807) is 6.07 Å². The van der Waals surface area contributed by atoms with Crippen LogP contribution in [0.15, 0.2) is 18.2 Å². The molecule has 0 radical (unpaired) electrons. The molecule has 0 saturated carbocycles. The average molecular weight is 420 g/mol. The third-order valence-corrected chi connectivity index (χ3v) is 5.98. The first-order valence-corrected chi connectivity index (χ1v) is 8.99. The molecule has 1 aromatic rings. The van der Waals surface area contributed by atoms with E-state index in [1.165, 1.54) is 6.42 Å². The third kappa shape index (κ3) is 4.35. The summed E-state index contributed by atoms with van der Waals surface area (Å²) in [6, 6.07) is 5.58. The van der Waals surface area contributed by atoms with Crippen LogP contribution in [0.2, 0.25) is 5.02 Å². The topological polar surface area (TPSA) is 20.3 Å². The quantitative estimate of drug-likeness (QED) is 0.571. The van der Waals surface area contributed by atoms with Crippen LogP contribution >= 0.6 is 34.2 Å². The summed E-state index contributed by atoms with van der Waals surface area (Å²) in [5.41, 5.74) is 1.03. The van der Waals surface area contributed by atoms with Crippen LogP contribution in [-0.2, 0) is 0 Å². The number of hydrogen-bond donors (Lipinski definition) is 0. The van der Waals surface area contributed by atoms with E-state index in [0.717, 1.165) is 29.5 Å². The number of carbonyl (C=O) groups is 1. The van der Waals surface area contributed by atoms with Gasteiger partial charge in [-0.05, 0) is 71.4 Å². The second kappa shape index (κ2) is 6.86. The fourth-order valence-corrected chi connectivity index (χ4v) is 3.49. The van der Waals surface area contributed by atoms with E-state index >= 15 is 0 Å². The molecule has 1 aromatic carbocycles. The second-order valence-electron chi connectivity index (χ2n) is 6.91. The summed E-state index contributed by atoms with van der Waals surface area (Å²) in [5.74, 6) is 0.804. The summed E-state index contributed by atoms with van der Waals surface area (Å²) in [7, 11) is 0. The Hall–Kier alpha value is -0.290. The van der Waals surface area contributed by atoms with Gasteiger partial charge in [-0.2, -0.15) is 0 Å². The molecular weight excluding hydrogens is 397 g/mol. The van der Waals surface area contributed by atoms with Gasteiger partial charge in [0.1, 0.15) is 0 Å². The molecule has 1 fully saturated rings. The van der Waals surface area contributed by atoms with Gasteiger partial charge in [-0.25, -0.2) is 0 Å². The van der Waals surface area contributed by atoms with Gasteiger partial charge in [0.25, 0.3) is 5.91 Å². The molecule has 0 aliphatic carbocycles. The van der Waals surface area contributed by atoms with Crippen LogP contribution in [0.4, 0.5) is 0 Å². The van der Waals surface area contributed by atoms with Gasteiger partial charge in [0.05, 0.1) is 5.02 Å². The first-order chi connectivity index (χ1) is 9.79. The van der Waals surface area contributed by atoms with Gasteiger partial charge >= 0.3 is 0 Å². The maximum Gasteiger partial charge on any atom is 0.253 e. The van der Waals surface area contributed by atoms with Crippen molar-refractivity contribution >= 4 is 40.1 Å². The minimum atomic E-state index is 0.114. The first-order valence-electron chi connectivity index (χ1n) is 7.53. The van der Waals surface area contributed by atoms with E-state index in [-0.39, 0.29) is 5.91 Å². The molecule has 2 rings (SSSR count). The Balaban J connectivity index is 2.08. The van der Waals surface area contributed by atoms with E-state index in [0.29, 0.717) is 21.9 Å². The predicted molar refractivity (Wildman–Crippen MR) is 96.9 cm³/mol. The monoisotopic (exact) mass is 419 g/mol. The second-order valence-corrected chi connectivity index (χ2v) is 8.48. The molecule has 1 unspecified atom stereocenters. The molecule has 0 aromatic heterocycles. The lowest BCUT2D eigenvalue weighted by molar-refractivity contribution is 0.0755. The SMILES string of the molecule is CC(C)(C)C1CCCN(C(=O)c2ccc(I)c(Cl)c2)CC1. The fraction of sp³-hybridized carbons (Fsp3) is 0.588. The minimum Gasteiger partial charge on any atom is -0.339 e. The van der Waals surface area contributed by atoms with E-state index in [9.17, 15) is 4.79 Å². The van der Waals surface area contributed by atoms with E-state index in [2.05, 4.69) is 43.4 Å². The number of likely N-dealkylation sites (tertiary alicyclic amines) is 1. The third-order valence-electron chi connectivity index (χ3n) is 4.41. The van der Waals surface area contributed by atoms with Gasteiger partial charge in [-0.1, -0.05) is 32.4 Å². The molecule has 0 spiro atoms. The molecule has 1 amide bonds. The van der Waals surface area contributed by atoms with Crippen LogP contribution in [0.25, 0.3) is 0 Å². The lowest BCUT2D eigenvalue weighted by Gasteiger charge is -2.29. The van der Waals surface area contributed by atoms with Crippen LogP contribution in [0.5, 0.6) is 0 Å². The highest BCUT2D eigenvalue weighted by Crippen LogP contribution is 2.34. The Morgan fingerprint density at radius 2 is 2.00 bits per heavy atom. The molecular formula is C17H23ClINO. The smallest absolute Gasteiger partial charge is 0.253 e. The summed E-state index contributed by atoms with van der Waals surface area (Å²) < 4.78 is 0.981. The zero-order chi connectivity index (χ0) is 15.6. The minimum absolute atomic E-state index is 0.114. The number of halogens is 2. The van der Waals surface area contributed by atoms with Crippen LogP contribution < -0.4 is 0 Å². The molecule has 0 N–H and O–H groups in total. The Labute approximate surface area is 146 Å². The molecule has 1 aliphatic rings. The molecule has 116 valence electrons. The highest BCUT2D eigenvalue weighted by Gasteiger charge is 2.28. The number of rotatable bonds is 1. The maximum absolute atomic E-state index is 12.6. The molecule has 0 bridgehead atoms. The van der Waals surface area contributed by atoms with Crippen molar-refractivity contribution in [2.24, 2.45) is 11.3 Å². The van der Waals surface area contributed by atoms with E-state index < -0.39 is 0 Å². The van der Waals surface area contributed by atoms with Crippen LogP contribution in [0.1, 0.15) is 50.4 Å². The van der Waals surface area contributed by atoms with Crippen LogP contribution in [0.3, 0.4) is 0 Å². The highest BCUT2D eigenvalue weighted by molar-refractivity contribution is 14.1. The Kier molecular flexibility index (Phi) is 5.58. The largest absolute Gasteiger partial charge is 0.339 e. The van der Waals surface area contributed by atoms with Gasteiger partial charge < -0.3 is 4.90 Å². The molecule has 4 heteroatoms. The normalized spacial score (nSPS) is 20.2. The zero-order valence-corrected chi connectivity index (χ0v) is 15.9. The standard InChI is InChI=1S/C17H23ClINO/c1-17(2,3)13-5-4-9-20(10-8-13)16(21)12-6-7-15(19)14(18)11-12/h6-7,11,13H,4-5,8-10H2,1-3H3. The van der Waals surface area contributed by atoms with Crippen molar-refractivity contribution in [1.29, 1.82) is 0 Å². The zero-order valence-electron chi connectivity index (χ0n) is 13.0. The Morgan fingerprint density at radius 1 is 1.29 bits per heavy atom. The van der Waals surface area contributed by atoms with Crippen molar-refractivity contribution in [3.63, 3.8) is 0 Å². The Bertz CT molecular complexity index is 524. The number of hydrogen-bond acceptors (Lipinski definition) is 1. The summed E-state index contributed by atoms with van der Waals surface area (Å²) in [5, 5.41) is 0.656. The van der Waals surface area contributed by atoms with Gasteiger partial charge in [0, 0.05) is 22.2 Å². The molecule has 1 heterocycles. The summed E-state index contributed by atoms with van der Waals surface area (Å²) >= 11 is 8.31. The fourth-order valence-electron chi connectivity index (χ4n) is 2.98. The summed E-state index contributed by atoms with van der Waals surface area (Å²) in [6.45, 7) is 8.61. The number of amides is 1. The first kappa shape index (κ1) is 17.1. The van der Waals surface area contributed by atoms with Gasteiger partial charge in [-0.3, -0.25) is 4.79 Å². The average Bonchev–Trinajstić information content (AvgIpc) is 2.66. The lowest BCUT2D eigenvalue weighted by Crippen LogP contribution is -2.32. The van der Waals surface area contributed by atoms with Crippen LogP contribution in [0, 0.1) is 14.9 Å². The van der Waals surface area contributed by atoms with Crippen molar-refractivity contribution in [2.75, 3.05) is 13.1 Å². The summed E-state index contributed by atoms with van der Waals surface area (Å²) in [6.07, 6.45) is 3.39. The molecule has 2 nitrogen and oxygen atoms in total. The number of nitrogens with zero attached hydrogens (tertiary/aromatic N) is 1. The van der Waals surface area contributed by atoms with Gasteiger partial charge in [0.15, 0.2) is 0 Å². The van der Waals surface area contributed by atoms with Gasteiger partial charge in [0.2, 0.25) is 0 Å². The van der Waals surface area contributed by atoms with Crippen molar-refractivity contribution in [3.05, 3.63) is 32.4 Å². The molecule has 1 atom stereocenters. The van der Waals surface area contributed by atoms with Gasteiger partial charge in [-0.15, -0.1) is 0 Å². The van der Waals surface area contributed by atoms with E-state index in [4.69, 9.17) is 11.6 Å². The number of carbonyl (C=O) groups excluding carboxylic acids is 1. The highest BCUT2D eigenvalue weighted by atomic mass is 127. The Morgan fingerprint density at radius 3 is 2.62 bits per heavy atom. The maximum atomic E-state index is 12.6. The molecule has 1 aliphatic heterocycles. The number of benzene rings is 1. The van der Waals surface area contributed by atoms with Crippen LogP contribution in [-0.4, -0.2) is 23.9 Å². The van der Waals surface area contributed by atoms with E-state index in [1.807, 2.05) is 17.0 Å². The van der Waals surface area contributed by atoms with Crippen molar-refractivity contribution in [3.8, 4) is 0 Å².